The van der Waals surface area contributed by atoms with Crippen molar-refractivity contribution in [2.75, 3.05) is 40.5 Å². The molecule has 0 saturated heterocycles. The van der Waals surface area contributed by atoms with Crippen LogP contribution in [0.4, 0.5) is 0 Å². The second-order valence-electron chi connectivity index (χ2n) is 4.15. The first-order valence-electron chi connectivity index (χ1n) is 6.18. The van der Waals surface area contributed by atoms with Gasteiger partial charge in [-0.1, -0.05) is 0 Å². The number of ether oxygens (including phenoxy) is 2. The van der Waals surface area contributed by atoms with Gasteiger partial charge in [-0.3, -0.25) is 4.79 Å². The van der Waals surface area contributed by atoms with Crippen molar-refractivity contribution in [3.8, 4) is 0 Å². The largest absolute Gasteiger partial charge is 0.385 e. The molecule has 0 rings (SSSR count). The SMILES string of the molecule is COCCCCCNCC(=O)NC(C)COC. The van der Waals surface area contributed by atoms with E-state index in [2.05, 4.69) is 10.6 Å². The van der Waals surface area contributed by atoms with Crippen molar-refractivity contribution in [1.82, 2.24) is 10.6 Å². The molecule has 0 heterocycles. The number of rotatable bonds is 11. The van der Waals surface area contributed by atoms with E-state index >= 15 is 0 Å². The van der Waals surface area contributed by atoms with Gasteiger partial charge in [0.05, 0.1) is 13.2 Å². The summed E-state index contributed by atoms with van der Waals surface area (Å²) in [7, 11) is 3.34. The maximum atomic E-state index is 11.4. The number of methoxy groups -OCH3 is 2. The van der Waals surface area contributed by atoms with E-state index < -0.39 is 0 Å². The Kier molecular flexibility index (Phi) is 11.4. The van der Waals surface area contributed by atoms with Gasteiger partial charge in [-0.2, -0.15) is 0 Å². The highest BCUT2D eigenvalue weighted by atomic mass is 16.5. The van der Waals surface area contributed by atoms with E-state index in [0.717, 1.165) is 32.4 Å². The number of carbonyl (C=O) groups is 1. The van der Waals surface area contributed by atoms with E-state index in [4.69, 9.17) is 9.47 Å². The predicted octanol–water partition coefficient (Wildman–Crippen LogP) is 0.544. The molecule has 0 spiro atoms. The quantitative estimate of drug-likeness (QED) is 0.523. The maximum absolute atomic E-state index is 11.4. The number of nitrogens with one attached hydrogen (secondary N) is 2. The third kappa shape index (κ3) is 11.6. The summed E-state index contributed by atoms with van der Waals surface area (Å²) in [5.74, 6) is 0.0199. The van der Waals surface area contributed by atoms with Crippen LogP contribution in [0.2, 0.25) is 0 Å². The van der Waals surface area contributed by atoms with Crippen molar-refractivity contribution in [1.29, 1.82) is 0 Å². The minimum atomic E-state index is 0.0199. The van der Waals surface area contributed by atoms with Gasteiger partial charge in [-0.05, 0) is 32.7 Å². The highest BCUT2D eigenvalue weighted by molar-refractivity contribution is 5.78. The summed E-state index contributed by atoms with van der Waals surface area (Å²) in [6.07, 6.45) is 3.28. The van der Waals surface area contributed by atoms with Crippen LogP contribution >= 0.6 is 0 Å². The van der Waals surface area contributed by atoms with Crippen LogP contribution in [0, 0.1) is 0 Å². The monoisotopic (exact) mass is 246 g/mol. The zero-order chi connectivity index (χ0) is 12.9. The number of hydrogen-bond donors (Lipinski definition) is 2. The number of hydrogen-bond acceptors (Lipinski definition) is 4. The predicted molar refractivity (Wildman–Crippen MR) is 68.1 cm³/mol. The molecule has 0 fully saturated rings. The summed E-state index contributed by atoms with van der Waals surface area (Å²) >= 11 is 0. The molecule has 1 atom stereocenters. The van der Waals surface area contributed by atoms with Gasteiger partial charge in [0.25, 0.3) is 0 Å². The molecular weight excluding hydrogens is 220 g/mol. The Morgan fingerprint density at radius 2 is 1.94 bits per heavy atom. The van der Waals surface area contributed by atoms with Gasteiger partial charge in [-0.25, -0.2) is 0 Å². The van der Waals surface area contributed by atoms with E-state index in [1.54, 1.807) is 14.2 Å². The topological polar surface area (TPSA) is 59.6 Å². The summed E-state index contributed by atoms with van der Waals surface area (Å²) in [5.41, 5.74) is 0. The number of unbranched alkanes of at least 4 members (excludes halogenated alkanes) is 2. The molecule has 0 bridgehead atoms. The molecule has 0 aromatic rings. The summed E-state index contributed by atoms with van der Waals surface area (Å²) in [4.78, 5) is 11.4. The van der Waals surface area contributed by atoms with E-state index in [9.17, 15) is 4.79 Å². The highest BCUT2D eigenvalue weighted by Gasteiger charge is 2.05. The molecule has 0 aromatic heterocycles. The molecule has 17 heavy (non-hydrogen) atoms. The standard InChI is InChI=1S/C12H26N2O3/c1-11(10-17-3)14-12(15)9-13-7-5-4-6-8-16-2/h11,13H,4-10H2,1-3H3,(H,14,15). The average molecular weight is 246 g/mol. The Hall–Kier alpha value is -0.650. The lowest BCUT2D eigenvalue weighted by atomic mass is 10.2. The molecule has 0 aliphatic carbocycles. The minimum absolute atomic E-state index is 0.0199. The van der Waals surface area contributed by atoms with Crippen molar-refractivity contribution in [3.05, 3.63) is 0 Å². The van der Waals surface area contributed by atoms with Crippen LogP contribution in [0.3, 0.4) is 0 Å². The van der Waals surface area contributed by atoms with Crippen molar-refractivity contribution < 1.29 is 14.3 Å². The number of amides is 1. The molecule has 1 unspecified atom stereocenters. The summed E-state index contributed by atoms with van der Waals surface area (Å²) in [6.45, 7) is 4.53. The summed E-state index contributed by atoms with van der Waals surface area (Å²) in [6, 6.07) is 0.0657. The lowest BCUT2D eigenvalue weighted by molar-refractivity contribution is -0.121. The molecule has 2 N–H and O–H groups in total. The molecule has 102 valence electrons. The van der Waals surface area contributed by atoms with E-state index in [1.807, 2.05) is 6.92 Å². The third-order valence-electron chi connectivity index (χ3n) is 2.31. The van der Waals surface area contributed by atoms with Crippen LogP contribution in [0.15, 0.2) is 0 Å². The Bertz CT molecular complexity index is 189. The molecule has 5 heteroatoms. The first kappa shape index (κ1) is 16.4. The second kappa shape index (κ2) is 11.8. The Morgan fingerprint density at radius 1 is 1.18 bits per heavy atom. The third-order valence-corrected chi connectivity index (χ3v) is 2.31. The molecule has 0 radical (unpaired) electrons. The van der Waals surface area contributed by atoms with Crippen molar-refractivity contribution >= 4 is 5.91 Å². The number of carbonyl (C=O) groups excluding carboxylic acids is 1. The molecule has 0 aliphatic heterocycles. The molecule has 0 aliphatic rings. The van der Waals surface area contributed by atoms with Crippen LogP contribution in [0.1, 0.15) is 26.2 Å². The zero-order valence-electron chi connectivity index (χ0n) is 11.3. The Morgan fingerprint density at radius 3 is 2.59 bits per heavy atom. The maximum Gasteiger partial charge on any atom is 0.234 e. The summed E-state index contributed by atoms with van der Waals surface area (Å²) in [5, 5.41) is 5.96. The van der Waals surface area contributed by atoms with Gasteiger partial charge in [0.2, 0.25) is 5.91 Å². The van der Waals surface area contributed by atoms with Gasteiger partial charge in [0, 0.05) is 26.9 Å². The van der Waals surface area contributed by atoms with Crippen molar-refractivity contribution in [2.24, 2.45) is 0 Å². The summed E-state index contributed by atoms with van der Waals surface area (Å²) < 4.78 is 9.90. The second-order valence-corrected chi connectivity index (χ2v) is 4.15. The van der Waals surface area contributed by atoms with Gasteiger partial charge >= 0.3 is 0 Å². The van der Waals surface area contributed by atoms with Crippen LogP contribution in [-0.2, 0) is 14.3 Å². The minimum Gasteiger partial charge on any atom is -0.385 e. The smallest absolute Gasteiger partial charge is 0.234 e. The van der Waals surface area contributed by atoms with Crippen LogP contribution in [0.5, 0.6) is 0 Å². The molecular formula is C12H26N2O3. The van der Waals surface area contributed by atoms with Gasteiger partial charge in [0.15, 0.2) is 0 Å². The van der Waals surface area contributed by atoms with E-state index in [0.29, 0.717) is 13.2 Å². The van der Waals surface area contributed by atoms with Crippen LogP contribution < -0.4 is 10.6 Å². The van der Waals surface area contributed by atoms with E-state index in [-0.39, 0.29) is 11.9 Å². The molecule has 0 saturated carbocycles. The van der Waals surface area contributed by atoms with E-state index in [1.165, 1.54) is 0 Å². The highest BCUT2D eigenvalue weighted by Crippen LogP contribution is 1.93. The van der Waals surface area contributed by atoms with Crippen LogP contribution in [-0.4, -0.2) is 52.5 Å². The zero-order valence-corrected chi connectivity index (χ0v) is 11.3. The fraction of sp³-hybridized carbons (Fsp3) is 0.917. The fourth-order valence-corrected chi connectivity index (χ4v) is 1.49. The van der Waals surface area contributed by atoms with Crippen molar-refractivity contribution in [3.63, 3.8) is 0 Å². The lowest BCUT2D eigenvalue weighted by Crippen LogP contribution is -2.41. The molecule has 0 aromatic carbocycles. The Balaban J connectivity index is 3.27. The molecule has 5 nitrogen and oxygen atoms in total. The lowest BCUT2D eigenvalue weighted by Gasteiger charge is -2.12. The normalized spacial score (nSPS) is 12.4. The fourth-order valence-electron chi connectivity index (χ4n) is 1.49. The van der Waals surface area contributed by atoms with Gasteiger partial charge in [-0.15, -0.1) is 0 Å². The van der Waals surface area contributed by atoms with Gasteiger partial charge < -0.3 is 20.1 Å². The Labute approximate surface area is 104 Å². The first-order chi connectivity index (χ1) is 8.20. The van der Waals surface area contributed by atoms with Crippen LogP contribution in [0.25, 0.3) is 0 Å². The first-order valence-corrected chi connectivity index (χ1v) is 6.18. The van der Waals surface area contributed by atoms with Crippen molar-refractivity contribution in [2.45, 2.75) is 32.2 Å². The average Bonchev–Trinajstić information content (AvgIpc) is 2.28. The van der Waals surface area contributed by atoms with Gasteiger partial charge in [0.1, 0.15) is 0 Å². The molecule has 1 amide bonds.